The number of hydrogen-bond donors (Lipinski definition) is 0. The largest absolute Gasteiger partial charge is 0.309 e. The van der Waals surface area contributed by atoms with E-state index in [1.807, 2.05) is 48.8 Å². The third-order valence-electron chi connectivity index (χ3n) is 9.62. The number of nitrogens with zero attached hydrogens (tertiary/aromatic N) is 5. The van der Waals surface area contributed by atoms with Crippen molar-refractivity contribution in [3.63, 3.8) is 0 Å². The lowest BCUT2D eigenvalue weighted by atomic mass is 9.98. The molecule has 0 fully saturated rings. The second-order valence-corrected chi connectivity index (χ2v) is 12.5. The molecule has 0 saturated carbocycles. The average Bonchev–Trinajstić information content (AvgIpc) is 3.71. The molecule has 0 amide bonds. The van der Waals surface area contributed by atoms with Gasteiger partial charge in [-0.05, 0) is 83.9 Å². The van der Waals surface area contributed by atoms with E-state index in [1.54, 1.807) is 0 Å². The molecule has 0 saturated heterocycles. The topological polar surface area (TPSA) is 48.5 Å². The molecule has 5 nitrogen and oxygen atoms in total. The van der Waals surface area contributed by atoms with Gasteiger partial charge in [0.2, 0.25) is 0 Å². The summed E-state index contributed by atoms with van der Waals surface area (Å²) in [6.07, 6.45) is 3.62. The summed E-state index contributed by atoms with van der Waals surface area (Å²) in [6, 6.07) is 57.7. The van der Waals surface area contributed by atoms with Crippen LogP contribution in [-0.4, -0.2) is 24.1 Å². The van der Waals surface area contributed by atoms with E-state index < -0.39 is 0 Å². The van der Waals surface area contributed by atoms with E-state index in [0.717, 1.165) is 50.7 Å². The molecule has 0 atom stereocenters. The summed E-state index contributed by atoms with van der Waals surface area (Å²) in [4.78, 5) is 14.4. The van der Waals surface area contributed by atoms with E-state index in [2.05, 4.69) is 146 Å². The number of fused-ring (bicyclic) bond motifs is 6. The lowest BCUT2D eigenvalue weighted by Crippen LogP contribution is -1.99. The normalized spacial score (nSPS) is 11.6. The summed E-state index contributed by atoms with van der Waals surface area (Å²) in [5, 5.41) is 4.87. The quantitative estimate of drug-likeness (QED) is 0.188. The Hall–Kier alpha value is -6.85. The summed E-state index contributed by atoms with van der Waals surface area (Å²) in [5.41, 5.74) is 12.4. The summed E-state index contributed by atoms with van der Waals surface area (Å²) in [6.45, 7) is 0. The summed E-state index contributed by atoms with van der Waals surface area (Å²) in [5.74, 6) is 0. The van der Waals surface area contributed by atoms with Gasteiger partial charge in [0.25, 0.3) is 0 Å². The van der Waals surface area contributed by atoms with Crippen LogP contribution < -0.4 is 0 Å². The molecular formula is C45H29N5. The van der Waals surface area contributed by atoms with E-state index >= 15 is 0 Å². The van der Waals surface area contributed by atoms with Crippen LogP contribution in [0.1, 0.15) is 0 Å². The Labute approximate surface area is 288 Å². The van der Waals surface area contributed by atoms with E-state index in [0.29, 0.717) is 0 Å². The highest BCUT2D eigenvalue weighted by atomic mass is 15.0. The van der Waals surface area contributed by atoms with Gasteiger partial charge in [-0.15, -0.1) is 0 Å². The number of aromatic nitrogens is 5. The van der Waals surface area contributed by atoms with Gasteiger partial charge in [0.05, 0.1) is 50.5 Å². The molecule has 0 N–H and O–H groups in total. The molecule has 0 unspecified atom stereocenters. The molecule has 0 aliphatic carbocycles. The highest BCUT2D eigenvalue weighted by Crippen LogP contribution is 2.41. The Morgan fingerprint density at radius 2 is 0.940 bits per heavy atom. The van der Waals surface area contributed by atoms with Crippen LogP contribution in [0.25, 0.3) is 88.9 Å². The Bertz CT molecular complexity index is 2800. The molecule has 0 spiro atoms. The zero-order chi connectivity index (χ0) is 33.0. The lowest BCUT2D eigenvalue weighted by Gasteiger charge is -2.13. The first-order valence-electron chi connectivity index (χ1n) is 16.8. The zero-order valence-electron chi connectivity index (χ0n) is 27.0. The van der Waals surface area contributed by atoms with Gasteiger partial charge in [-0.3, -0.25) is 9.97 Å². The fraction of sp³-hybridized carbons (Fsp3) is 0. The van der Waals surface area contributed by atoms with Crippen molar-refractivity contribution in [2.75, 3.05) is 0 Å². The van der Waals surface area contributed by atoms with Crippen molar-refractivity contribution in [2.45, 2.75) is 0 Å². The Kier molecular flexibility index (Phi) is 6.42. The molecule has 50 heavy (non-hydrogen) atoms. The van der Waals surface area contributed by atoms with Gasteiger partial charge in [-0.1, -0.05) is 91.0 Å². The minimum absolute atomic E-state index is 0.796. The van der Waals surface area contributed by atoms with Gasteiger partial charge >= 0.3 is 0 Å². The predicted molar refractivity (Wildman–Crippen MR) is 205 cm³/mol. The lowest BCUT2D eigenvalue weighted by molar-refractivity contribution is 1.14. The van der Waals surface area contributed by atoms with Crippen LogP contribution in [0, 0.1) is 0 Å². The standard InChI is InChI=1S/C45H29N5/c1-2-13-31(14-3-1)49-42-21-7-5-16-36(42)45-33(17-12-22-43(45)49)30-23-24-35-34-15-4-6-20-41(34)50(44(35)27-30)32-28-39(37-18-8-10-25-46-37)48-40(29-32)38-19-9-11-26-47-38/h1-29H. The molecule has 0 bridgehead atoms. The second kappa shape index (κ2) is 11.4. The number of hydrogen-bond acceptors (Lipinski definition) is 3. The molecule has 5 heterocycles. The van der Waals surface area contributed by atoms with Crippen molar-refractivity contribution in [1.82, 2.24) is 24.1 Å². The summed E-state index contributed by atoms with van der Waals surface area (Å²) in [7, 11) is 0. The zero-order valence-corrected chi connectivity index (χ0v) is 27.0. The SMILES string of the molecule is c1ccc(-n2c3ccccc3c3c(-c4ccc5c6ccccc6n(-c6cc(-c7ccccn7)nc(-c7ccccn7)c6)c5c4)cccc32)cc1. The Balaban J connectivity index is 1.25. The molecule has 10 rings (SSSR count). The first-order chi connectivity index (χ1) is 24.8. The first kappa shape index (κ1) is 28.2. The third-order valence-corrected chi connectivity index (χ3v) is 9.62. The van der Waals surface area contributed by atoms with Crippen LogP contribution in [0.5, 0.6) is 0 Å². The maximum Gasteiger partial charge on any atom is 0.0915 e. The minimum atomic E-state index is 0.796. The van der Waals surface area contributed by atoms with Crippen molar-refractivity contribution < 1.29 is 0 Å². The first-order valence-corrected chi connectivity index (χ1v) is 16.8. The maximum atomic E-state index is 5.06. The molecule has 5 aromatic carbocycles. The monoisotopic (exact) mass is 639 g/mol. The van der Waals surface area contributed by atoms with Crippen LogP contribution in [0.4, 0.5) is 0 Å². The average molecular weight is 640 g/mol. The van der Waals surface area contributed by atoms with E-state index in [9.17, 15) is 0 Å². The van der Waals surface area contributed by atoms with Gasteiger partial charge < -0.3 is 9.13 Å². The smallest absolute Gasteiger partial charge is 0.0915 e. The van der Waals surface area contributed by atoms with E-state index in [4.69, 9.17) is 4.98 Å². The van der Waals surface area contributed by atoms with Crippen molar-refractivity contribution in [1.29, 1.82) is 0 Å². The molecular weight excluding hydrogens is 611 g/mol. The van der Waals surface area contributed by atoms with Gasteiger partial charge in [-0.2, -0.15) is 0 Å². The van der Waals surface area contributed by atoms with Crippen LogP contribution in [0.15, 0.2) is 176 Å². The second-order valence-electron chi connectivity index (χ2n) is 12.5. The number of para-hydroxylation sites is 3. The van der Waals surface area contributed by atoms with Gasteiger partial charge in [0.1, 0.15) is 0 Å². The predicted octanol–water partition coefficient (Wildman–Crippen LogP) is 11.1. The van der Waals surface area contributed by atoms with E-state index in [-0.39, 0.29) is 0 Å². The fourth-order valence-corrected chi connectivity index (χ4v) is 7.47. The van der Waals surface area contributed by atoms with Crippen molar-refractivity contribution >= 4 is 43.6 Å². The van der Waals surface area contributed by atoms with Crippen molar-refractivity contribution in [2.24, 2.45) is 0 Å². The summed E-state index contributed by atoms with van der Waals surface area (Å²) < 4.78 is 4.74. The summed E-state index contributed by atoms with van der Waals surface area (Å²) >= 11 is 0. The molecule has 0 radical (unpaired) electrons. The van der Waals surface area contributed by atoms with Crippen molar-refractivity contribution in [3.05, 3.63) is 176 Å². The maximum absolute atomic E-state index is 5.06. The number of rotatable bonds is 5. The number of pyridine rings is 3. The number of benzene rings is 5. The van der Waals surface area contributed by atoms with Gasteiger partial charge in [0, 0.05) is 39.6 Å². The van der Waals surface area contributed by atoms with Crippen LogP contribution in [0.2, 0.25) is 0 Å². The fourth-order valence-electron chi connectivity index (χ4n) is 7.47. The Morgan fingerprint density at radius 3 is 1.64 bits per heavy atom. The molecule has 0 aliphatic rings. The van der Waals surface area contributed by atoms with E-state index in [1.165, 1.54) is 38.1 Å². The van der Waals surface area contributed by atoms with Crippen LogP contribution >= 0.6 is 0 Å². The molecule has 10 aromatic rings. The van der Waals surface area contributed by atoms with Gasteiger partial charge in [0.15, 0.2) is 0 Å². The molecule has 5 heteroatoms. The molecule has 234 valence electrons. The van der Waals surface area contributed by atoms with Crippen LogP contribution in [-0.2, 0) is 0 Å². The minimum Gasteiger partial charge on any atom is -0.309 e. The Morgan fingerprint density at radius 1 is 0.360 bits per heavy atom. The van der Waals surface area contributed by atoms with Crippen LogP contribution in [0.3, 0.4) is 0 Å². The third kappa shape index (κ3) is 4.45. The van der Waals surface area contributed by atoms with Gasteiger partial charge in [-0.25, -0.2) is 4.98 Å². The highest BCUT2D eigenvalue weighted by Gasteiger charge is 2.19. The highest BCUT2D eigenvalue weighted by molar-refractivity contribution is 6.17. The molecule has 5 aromatic heterocycles. The van der Waals surface area contributed by atoms with Crippen molar-refractivity contribution in [3.8, 4) is 45.3 Å². The molecule has 0 aliphatic heterocycles.